The van der Waals surface area contributed by atoms with Gasteiger partial charge in [-0.2, -0.15) is 0 Å². The molecule has 0 atom stereocenters. The zero-order valence-electron chi connectivity index (χ0n) is 16.4. The highest BCUT2D eigenvalue weighted by Gasteiger charge is 2.27. The number of carbonyl (C=O) groups is 1. The SMILES string of the molecule is COc1c(C(C)(C)C)cc(CCC(=O)NCCN)cc1C(C)(C)C. The molecular formula is C20H34N2O2. The highest BCUT2D eigenvalue weighted by atomic mass is 16.5. The monoisotopic (exact) mass is 334 g/mol. The predicted octanol–water partition coefficient (Wildman–Crippen LogP) is 3.30. The Morgan fingerprint density at radius 3 is 1.96 bits per heavy atom. The summed E-state index contributed by atoms with van der Waals surface area (Å²) in [5.74, 6) is 1.01. The van der Waals surface area contributed by atoms with Crippen molar-refractivity contribution in [2.45, 2.75) is 65.2 Å². The summed E-state index contributed by atoms with van der Waals surface area (Å²) in [5, 5.41) is 2.83. The molecule has 3 N–H and O–H groups in total. The van der Waals surface area contributed by atoms with Gasteiger partial charge in [-0.15, -0.1) is 0 Å². The number of nitrogens with two attached hydrogens (primary N) is 1. The number of benzene rings is 1. The highest BCUT2D eigenvalue weighted by molar-refractivity contribution is 5.76. The number of amides is 1. The Kier molecular flexibility index (Phi) is 6.85. The van der Waals surface area contributed by atoms with Crippen molar-refractivity contribution in [3.05, 3.63) is 28.8 Å². The zero-order valence-corrected chi connectivity index (χ0v) is 16.4. The summed E-state index contributed by atoms with van der Waals surface area (Å²) < 4.78 is 5.77. The zero-order chi connectivity index (χ0) is 18.5. The Morgan fingerprint density at radius 1 is 1.08 bits per heavy atom. The van der Waals surface area contributed by atoms with Crippen LogP contribution < -0.4 is 15.8 Å². The molecule has 4 nitrogen and oxygen atoms in total. The van der Waals surface area contributed by atoms with Crippen LogP contribution in [0.2, 0.25) is 0 Å². The van der Waals surface area contributed by atoms with Crippen molar-refractivity contribution in [1.29, 1.82) is 0 Å². The number of ether oxygens (including phenoxy) is 1. The van der Waals surface area contributed by atoms with Crippen LogP contribution in [0.5, 0.6) is 5.75 Å². The van der Waals surface area contributed by atoms with Crippen molar-refractivity contribution in [2.24, 2.45) is 5.73 Å². The molecule has 1 aromatic carbocycles. The molecule has 0 heterocycles. The van der Waals surface area contributed by atoms with E-state index in [0.29, 0.717) is 25.9 Å². The van der Waals surface area contributed by atoms with E-state index in [4.69, 9.17) is 10.5 Å². The van der Waals surface area contributed by atoms with E-state index in [1.165, 1.54) is 16.7 Å². The second-order valence-electron chi connectivity index (χ2n) is 8.36. The minimum Gasteiger partial charge on any atom is -0.496 e. The fraction of sp³-hybridized carbons (Fsp3) is 0.650. The molecule has 0 aromatic heterocycles. The van der Waals surface area contributed by atoms with E-state index >= 15 is 0 Å². The van der Waals surface area contributed by atoms with Gasteiger partial charge in [-0.05, 0) is 22.8 Å². The molecule has 4 heteroatoms. The van der Waals surface area contributed by atoms with Crippen LogP contribution in [0.4, 0.5) is 0 Å². The van der Waals surface area contributed by atoms with Gasteiger partial charge in [-0.25, -0.2) is 0 Å². The van der Waals surface area contributed by atoms with E-state index in [0.717, 1.165) is 5.75 Å². The van der Waals surface area contributed by atoms with Crippen LogP contribution in [0.1, 0.15) is 64.7 Å². The molecule has 0 aliphatic rings. The van der Waals surface area contributed by atoms with Gasteiger partial charge in [0.2, 0.25) is 5.91 Å². The predicted molar refractivity (Wildman–Crippen MR) is 101 cm³/mol. The molecule has 0 unspecified atom stereocenters. The molecule has 0 saturated carbocycles. The molecule has 24 heavy (non-hydrogen) atoms. The van der Waals surface area contributed by atoms with Gasteiger partial charge in [0.15, 0.2) is 0 Å². The molecule has 1 amide bonds. The van der Waals surface area contributed by atoms with Gasteiger partial charge in [-0.3, -0.25) is 4.79 Å². The number of rotatable bonds is 6. The lowest BCUT2D eigenvalue weighted by atomic mass is 9.78. The molecule has 136 valence electrons. The molecule has 0 radical (unpaired) electrons. The molecule has 0 saturated heterocycles. The van der Waals surface area contributed by atoms with E-state index in [9.17, 15) is 4.79 Å². The summed E-state index contributed by atoms with van der Waals surface area (Å²) in [4.78, 5) is 11.9. The van der Waals surface area contributed by atoms with E-state index in [1.54, 1.807) is 7.11 Å². The van der Waals surface area contributed by atoms with Gasteiger partial charge >= 0.3 is 0 Å². The first-order chi connectivity index (χ1) is 11.0. The van der Waals surface area contributed by atoms with E-state index in [2.05, 4.69) is 59.0 Å². The average molecular weight is 335 g/mol. The Bertz CT molecular complexity index is 531. The fourth-order valence-corrected chi connectivity index (χ4v) is 2.72. The van der Waals surface area contributed by atoms with Gasteiger partial charge in [-0.1, -0.05) is 53.7 Å². The van der Waals surface area contributed by atoms with E-state index < -0.39 is 0 Å². The first-order valence-electron chi connectivity index (χ1n) is 8.69. The second-order valence-corrected chi connectivity index (χ2v) is 8.36. The van der Waals surface area contributed by atoms with E-state index in [1.807, 2.05) is 0 Å². The normalized spacial score (nSPS) is 12.2. The maximum Gasteiger partial charge on any atom is 0.220 e. The molecule has 1 aromatic rings. The standard InChI is InChI=1S/C20H34N2O2/c1-19(2,3)15-12-14(8-9-17(23)22-11-10-21)13-16(18(15)24-7)20(4,5)6/h12-13H,8-11,21H2,1-7H3,(H,22,23). The van der Waals surface area contributed by atoms with Crippen LogP contribution in [-0.2, 0) is 22.0 Å². The molecule has 1 rings (SSSR count). The van der Waals surface area contributed by atoms with Crippen molar-refractivity contribution in [3.8, 4) is 5.75 Å². The molecular weight excluding hydrogens is 300 g/mol. The van der Waals surface area contributed by atoms with Crippen LogP contribution in [0.15, 0.2) is 12.1 Å². The lowest BCUT2D eigenvalue weighted by Gasteiger charge is -2.30. The molecule has 0 aliphatic carbocycles. The summed E-state index contributed by atoms with van der Waals surface area (Å²) in [7, 11) is 1.74. The summed E-state index contributed by atoms with van der Waals surface area (Å²) in [6.45, 7) is 14.1. The second kappa shape index (κ2) is 8.02. The number of methoxy groups -OCH3 is 1. The van der Waals surface area contributed by atoms with Crippen molar-refractivity contribution < 1.29 is 9.53 Å². The summed E-state index contributed by atoms with van der Waals surface area (Å²) in [6.07, 6.45) is 1.19. The minimum atomic E-state index is -0.0246. The van der Waals surface area contributed by atoms with E-state index in [-0.39, 0.29) is 16.7 Å². The third kappa shape index (κ3) is 5.52. The van der Waals surface area contributed by atoms with Gasteiger partial charge in [0.25, 0.3) is 0 Å². The van der Waals surface area contributed by atoms with Gasteiger partial charge in [0.05, 0.1) is 7.11 Å². The molecule has 0 bridgehead atoms. The largest absolute Gasteiger partial charge is 0.496 e. The Morgan fingerprint density at radius 2 is 1.58 bits per heavy atom. The van der Waals surface area contributed by atoms with Crippen molar-refractivity contribution in [1.82, 2.24) is 5.32 Å². The average Bonchev–Trinajstić information content (AvgIpc) is 2.48. The molecule has 0 spiro atoms. The van der Waals surface area contributed by atoms with Crippen molar-refractivity contribution in [3.63, 3.8) is 0 Å². The molecule has 0 fully saturated rings. The number of hydrogen-bond acceptors (Lipinski definition) is 3. The Hall–Kier alpha value is -1.55. The Balaban J connectivity index is 3.20. The van der Waals surface area contributed by atoms with Crippen LogP contribution in [0.25, 0.3) is 0 Å². The van der Waals surface area contributed by atoms with Gasteiger partial charge in [0.1, 0.15) is 5.75 Å². The van der Waals surface area contributed by atoms with Gasteiger partial charge < -0.3 is 15.8 Å². The van der Waals surface area contributed by atoms with Crippen LogP contribution in [0.3, 0.4) is 0 Å². The number of hydrogen-bond donors (Lipinski definition) is 2. The maximum absolute atomic E-state index is 11.9. The first kappa shape index (κ1) is 20.5. The van der Waals surface area contributed by atoms with Crippen LogP contribution >= 0.6 is 0 Å². The topological polar surface area (TPSA) is 64.3 Å². The number of nitrogens with one attached hydrogen (secondary N) is 1. The summed E-state index contributed by atoms with van der Waals surface area (Å²) in [5.41, 5.74) is 8.93. The Labute approximate surface area is 147 Å². The maximum atomic E-state index is 11.9. The lowest BCUT2D eigenvalue weighted by molar-refractivity contribution is -0.120. The first-order valence-corrected chi connectivity index (χ1v) is 8.69. The minimum absolute atomic E-state index is 0.0246. The van der Waals surface area contributed by atoms with Crippen LogP contribution in [-0.4, -0.2) is 26.1 Å². The summed E-state index contributed by atoms with van der Waals surface area (Å²) >= 11 is 0. The third-order valence-corrected chi connectivity index (χ3v) is 4.08. The van der Waals surface area contributed by atoms with Crippen molar-refractivity contribution in [2.75, 3.05) is 20.2 Å². The summed E-state index contributed by atoms with van der Waals surface area (Å²) in [6, 6.07) is 4.37. The quantitative estimate of drug-likeness (QED) is 0.839. The highest BCUT2D eigenvalue weighted by Crippen LogP contribution is 2.40. The lowest BCUT2D eigenvalue weighted by Crippen LogP contribution is -2.29. The number of aryl methyl sites for hydroxylation is 1. The van der Waals surface area contributed by atoms with Crippen molar-refractivity contribution >= 4 is 5.91 Å². The fourth-order valence-electron chi connectivity index (χ4n) is 2.72. The van der Waals surface area contributed by atoms with Crippen LogP contribution in [0, 0.1) is 0 Å². The molecule has 0 aliphatic heterocycles. The third-order valence-electron chi connectivity index (χ3n) is 4.08. The number of carbonyl (C=O) groups excluding carboxylic acids is 1. The smallest absolute Gasteiger partial charge is 0.220 e. The van der Waals surface area contributed by atoms with Gasteiger partial charge in [0, 0.05) is 30.6 Å².